The average molecular weight is 270 g/mol. The molecule has 1 aliphatic heterocycles. The number of aromatic nitrogens is 1. The first kappa shape index (κ1) is 12.8. The fraction of sp³-hybridized carbons (Fsp3) is 0.400. The van der Waals surface area contributed by atoms with Gasteiger partial charge in [0.25, 0.3) is 0 Å². The largest absolute Gasteiger partial charge is 0.384 e. The molecule has 0 aromatic carbocycles. The number of carbonyl (C=O) groups excluding carboxylic acids is 1. The molecule has 1 aromatic heterocycles. The second-order valence-electron chi connectivity index (χ2n) is 3.96. The highest BCUT2D eigenvalue weighted by molar-refractivity contribution is 7.89. The fourth-order valence-electron chi connectivity index (χ4n) is 1.68. The summed E-state index contributed by atoms with van der Waals surface area (Å²) in [4.78, 5) is 15.2. The van der Waals surface area contributed by atoms with Gasteiger partial charge in [0.1, 0.15) is 10.7 Å². The maximum atomic E-state index is 12.3. The molecule has 18 heavy (non-hydrogen) atoms. The van der Waals surface area contributed by atoms with E-state index in [1.165, 1.54) is 18.3 Å². The van der Waals surface area contributed by atoms with Crippen molar-refractivity contribution in [2.24, 2.45) is 0 Å². The Morgan fingerprint density at radius 2 is 2.17 bits per heavy atom. The van der Waals surface area contributed by atoms with E-state index in [1.54, 1.807) is 0 Å². The summed E-state index contributed by atoms with van der Waals surface area (Å²) in [5, 5.41) is 2.63. The van der Waals surface area contributed by atoms with E-state index >= 15 is 0 Å². The van der Waals surface area contributed by atoms with Crippen molar-refractivity contribution in [2.45, 2.75) is 11.3 Å². The van der Waals surface area contributed by atoms with Gasteiger partial charge in [0.05, 0.1) is 6.54 Å². The molecule has 7 nitrogen and oxygen atoms in total. The standard InChI is InChI=1S/C10H14N4O3S/c11-9-3-2-8(6-13-9)18(16,17)14-5-1-4-12-10(15)7-14/h2-3,6H,1,4-5,7H2,(H2,11,13)(H,12,15). The van der Waals surface area contributed by atoms with Gasteiger partial charge in [-0.2, -0.15) is 4.31 Å². The van der Waals surface area contributed by atoms with Crippen LogP contribution >= 0.6 is 0 Å². The van der Waals surface area contributed by atoms with Gasteiger partial charge in [-0.05, 0) is 18.6 Å². The Kier molecular flexibility index (Phi) is 3.48. The number of amides is 1. The van der Waals surface area contributed by atoms with Gasteiger partial charge in [0.2, 0.25) is 15.9 Å². The summed E-state index contributed by atoms with van der Waals surface area (Å²) in [5.74, 6) is -0.0398. The van der Waals surface area contributed by atoms with Gasteiger partial charge < -0.3 is 11.1 Å². The zero-order valence-corrected chi connectivity index (χ0v) is 10.5. The number of rotatable bonds is 2. The predicted molar refractivity (Wildman–Crippen MR) is 65.0 cm³/mol. The molecule has 3 N–H and O–H groups in total. The SMILES string of the molecule is Nc1ccc(S(=O)(=O)N2CCCNC(=O)C2)cn1. The first-order valence-electron chi connectivity index (χ1n) is 5.48. The number of carbonyl (C=O) groups is 1. The highest BCUT2D eigenvalue weighted by atomic mass is 32.2. The number of sulfonamides is 1. The molecule has 2 heterocycles. The van der Waals surface area contributed by atoms with Crippen LogP contribution in [0.1, 0.15) is 6.42 Å². The topological polar surface area (TPSA) is 105 Å². The van der Waals surface area contributed by atoms with E-state index in [1.807, 2.05) is 0 Å². The summed E-state index contributed by atoms with van der Waals surface area (Å²) in [6, 6.07) is 2.81. The number of nitrogens with zero attached hydrogens (tertiary/aromatic N) is 2. The molecule has 1 aliphatic rings. The van der Waals surface area contributed by atoms with Gasteiger partial charge in [-0.25, -0.2) is 13.4 Å². The van der Waals surface area contributed by atoms with Crippen LogP contribution in [0.15, 0.2) is 23.2 Å². The molecule has 8 heteroatoms. The first-order valence-corrected chi connectivity index (χ1v) is 6.92. The zero-order valence-electron chi connectivity index (χ0n) is 9.67. The van der Waals surface area contributed by atoms with E-state index in [0.717, 1.165) is 4.31 Å². The molecule has 0 saturated carbocycles. The highest BCUT2D eigenvalue weighted by Gasteiger charge is 2.28. The van der Waals surface area contributed by atoms with Crippen LogP contribution in [0.3, 0.4) is 0 Å². The second-order valence-corrected chi connectivity index (χ2v) is 5.90. The van der Waals surface area contributed by atoms with Crippen molar-refractivity contribution in [3.63, 3.8) is 0 Å². The Hall–Kier alpha value is -1.67. The van der Waals surface area contributed by atoms with Crippen molar-refractivity contribution in [3.8, 4) is 0 Å². The summed E-state index contributed by atoms with van der Waals surface area (Å²) < 4.78 is 25.7. The van der Waals surface area contributed by atoms with E-state index in [9.17, 15) is 13.2 Å². The summed E-state index contributed by atoms with van der Waals surface area (Å²) >= 11 is 0. The molecular weight excluding hydrogens is 256 g/mol. The number of anilines is 1. The lowest BCUT2D eigenvalue weighted by atomic mass is 10.4. The summed E-state index contributed by atoms with van der Waals surface area (Å²) in [5.41, 5.74) is 5.41. The van der Waals surface area contributed by atoms with Gasteiger partial charge in [-0.1, -0.05) is 0 Å². The fourth-order valence-corrected chi connectivity index (χ4v) is 3.06. The number of hydrogen-bond donors (Lipinski definition) is 2. The first-order chi connectivity index (χ1) is 8.50. The van der Waals surface area contributed by atoms with Crippen molar-refractivity contribution >= 4 is 21.7 Å². The van der Waals surface area contributed by atoms with Gasteiger partial charge in [-0.15, -0.1) is 0 Å². The third-order valence-corrected chi connectivity index (χ3v) is 4.45. The van der Waals surface area contributed by atoms with E-state index in [0.29, 0.717) is 19.5 Å². The van der Waals surface area contributed by atoms with Crippen LogP contribution in [-0.4, -0.2) is 43.2 Å². The van der Waals surface area contributed by atoms with Crippen LogP contribution in [-0.2, 0) is 14.8 Å². The smallest absolute Gasteiger partial charge is 0.245 e. The predicted octanol–water partition coefficient (Wildman–Crippen LogP) is -0.826. The van der Waals surface area contributed by atoms with Crippen molar-refractivity contribution < 1.29 is 13.2 Å². The van der Waals surface area contributed by atoms with E-state index in [-0.39, 0.29) is 23.2 Å². The molecule has 0 bridgehead atoms. The molecule has 1 aromatic rings. The van der Waals surface area contributed by atoms with E-state index < -0.39 is 10.0 Å². The highest BCUT2D eigenvalue weighted by Crippen LogP contribution is 2.16. The molecule has 1 saturated heterocycles. The average Bonchev–Trinajstić information content (AvgIpc) is 2.55. The van der Waals surface area contributed by atoms with Gasteiger partial charge >= 0.3 is 0 Å². The quantitative estimate of drug-likeness (QED) is 0.730. The van der Waals surface area contributed by atoms with Crippen LogP contribution in [0.2, 0.25) is 0 Å². The lowest BCUT2D eigenvalue weighted by molar-refractivity contribution is -0.120. The Morgan fingerprint density at radius 3 is 2.83 bits per heavy atom. The number of nitrogens with one attached hydrogen (secondary N) is 1. The maximum absolute atomic E-state index is 12.3. The normalized spacial score (nSPS) is 18.1. The van der Waals surface area contributed by atoms with Crippen LogP contribution < -0.4 is 11.1 Å². The third-order valence-electron chi connectivity index (χ3n) is 2.62. The molecule has 1 amide bonds. The number of hydrogen-bond acceptors (Lipinski definition) is 5. The summed E-state index contributed by atoms with van der Waals surface area (Å²) in [6.45, 7) is 0.642. The summed E-state index contributed by atoms with van der Waals surface area (Å²) in [7, 11) is -3.68. The molecule has 0 unspecified atom stereocenters. The minimum absolute atomic E-state index is 0.0476. The minimum Gasteiger partial charge on any atom is -0.384 e. The Balaban J connectivity index is 2.29. The van der Waals surface area contributed by atoms with Crippen LogP contribution in [0.5, 0.6) is 0 Å². The van der Waals surface area contributed by atoms with Gasteiger partial charge in [0.15, 0.2) is 0 Å². The van der Waals surface area contributed by atoms with Crippen molar-refractivity contribution in [3.05, 3.63) is 18.3 Å². The maximum Gasteiger partial charge on any atom is 0.245 e. The van der Waals surface area contributed by atoms with Gasteiger partial charge in [-0.3, -0.25) is 4.79 Å². The van der Waals surface area contributed by atoms with E-state index in [2.05, 4.69) is 10.3 Å². The Morgan fingerprint density at radius 1 is 1.39 bits per heavy atom. The van der Waals surface area contributed by atoms with E-state index in [4.69, 9.17) is 5.73 Å². The molecule has 98 valence electrons. The van der Waals surface area contributed by atoms with Crippen LogP contribution in [0, 0.1) is 0 Å². The zero-order chi connectivity index (χ0) is 13.2. The molecule has 2 rings (SSSR count). The molecule has 0 aliphatic carbocycles. The summed E-state index contributed by atoms with van der Waals surface area (Å²) in [6.07, 6.45) is 1.79. The molecule has 1 fully saturated rings. The van der Waals surface area contributed by atoms with Gasteiger partial charge in [0, 0.05) is 19.3 Å². The monoisotopic (exact) mass is 270 g/mol. The Bertz CT molecular complexity index is 541. The van der Waals surface area contributed by atoms with Crippen LogP contribution in [0.4, 0.5) is 5.82 Å². The minimum atomic E-state index is -3.68. The lowest BCUT2D eigenvalue weighted by Crippen LogP contribution is -2.37. The lowest BCUT2D eigenvalue weighted by Gasteiger charge is -2.18. The Labute approximate surface area is 105 Å². The third kappa shape index (κ3) is 2.59. The van der Waals surface area contributed by atoms with Crippen molar-refractivity contribution in [2.75, 3.05) is 25.4 Å². The molecular formula is C10H14N4O3S. The van der Waals surface area contributed by atoms with Crippen molar-refractivity contribution in [1.82, 2.24) is 14.6 Å². The molecule has 0 atom stereocenters. The molecule has 0 radical (unpaired) electrons. The number of pyridine rings is 1. The second kappa shape index (κ2) is 4.91. The molecule has 0 spiro atoms. The van der Waals surface area contributed by atoms with Crippen molar-refractivity contribution in [1.29, 1.82) is 0 Å². The van der Waals surface area contributed by atoms with Crippen LogP contribution in [0.25, 0.3) is 0 Å². The number of nitrogens with two attached hydrogens (primary N) is 1. The number of nitrogen functional groups attached to an aromatic ring is 1.